The SMILES string of the molecule is C=C1/C(=C\C=C2/CCC[C@]3(C)[C@@H]([C@H](C)CCCC(C)(C)O)CC[C@@H]23)CCC[C@H]1O. The van der Waals surface area contributed by atoms with Crippen LogP contribution >= 0.6 is 0 Å². The van der Waals surface area contributed by atoms with E-state index in [0.717, 1.165) is 55.4 Å². The molecule has 0 saturated heterocycles. The van der Waals surface area contributed by atoms with Crippen LogP contribution in [0.15, 0.2) is 35.5 Å². The molecule has 0 aromatic carbocycles. The Hall–Kier alpha value is -0.860. The molecule has 0 amide bonds. The van der Waals surface area contributed by atoms with Gasteiger partial charge in [0.15, 0.2) is 0 Å². The van der Waals surface area contributed by atoms with Gasteiger partial charge in [-0.05, 0) is 106 Å². The first-order valence-electron chi connectivity index (χ1n) is 12.1. The molecule has 3 fully saturated rings. The first-order valence-corrected chi connectivity index (χ1v) is 12.1. The molecule has 2 N–H and O–H groups in total. The minimum atomic E-state index is -0.535. The van der Waals surface area contributed by atoms with E-state index in [0.29, 0.717) is 5.41 Å². The lowest BCUT2D eigenvalue weighted by atomic mass is 9.60. The van der Waals surface area contributed by atoms with Crippen LogP contribution in [0.5, 0.6) is 0 Å². The van der Waals surface area contributed by atoms with Crippen molar-refractivity contribution in [1.29, 1.82) is 0 Å². The summed E-state index contributed by atoms with van der Waals surface area (Å²) in [4.78, 5) is 0. The average molecular weight is 401 g/mol. The number of hydrogen-bond acceptors (Lipinski definition) is 2. The second-order valence-corrected chi connectivity index (χ2v) is 11.1. The second kappa shape index (κ2) is 9.10. The maximum absolute atomic E-state index is 10.1. The molecule has 0 aromatic heterocycles. The Morgan fingerprint density at radius 3 is 2.66 bits per heavy atom. The summed E-state index contributed by atoms with van der Waals surface area (Å²) in [6.07, 6.45) is 17.2. The molecule has 0 aromatic rings. The van der Waals surface area contributed by atoms with Gasteiger partial charge in [0.05, 0.1) is 11.7 Å². The Morgan fingerprint density at radius 1 is 1.17 bits per heavy atom. The van der Waals surface area contributed by atoms with Crippen molar-refractivity contribution >= 4 is 0 Å². The molecule has 3 aliphatic carbocycles. The van der Waals surface area contributed by atoms with E-state index < -0.39 is 5.60 Å². The zero-order valence-corrected chi connectivity index (χ0v) is 19.3. The van der Waals surface area contributed by atoms with Gasteiger partial charge >= 0.3 is 0 Å². The van der Waals surface area contributed by atoms with Gasteiger partial charge in [0.25, 0.3) is 0 Å². The van der Waals surface area contributed by atoms with Crippen LogP contribution < -0.4 is 0 Å². The summed E-state index contributed by atoms with van der Waals surface area (Å²) in [5.74, 6) is 2.26. The van der Waals surface area contributed by atoms with Crippen molar-refractivity contribution in [3.8, 4) is 0 Å². The van der Waals surface area contributed by atoms with Gasteiger partial charge in [-0.2, -0.15) is 0 Å². The van der Waals surface area contributed by atoms with E-state index in [-0.39, 0.29) is 6.10 Å². The van der Waals surface area contributed by atoms with Crippen molar-refractivity contribution in [1.82, 2.24) is 0 Å². The van der Waals surface area contributed by atoms with Gasteiger partial charge in [-0.3, -0.25) is 0 Å². The molecule has 29 heavy (non-hydrogen) atoms. The van der Waals surface area contributed by atoms with Gasteiger partial charge in [0.2, 0.25) is 0 Å². The van der Waals surface area contributed by atoms with E-state index in [2.05, 4.69) is 32.6 Å². The third-order valence-electron chi connectivity index (χ3n) is 8.41. The van der Waals surface area contributed by atoms with Gasteiger partial charge in [0, 0.05) is 0 Å². The van der Waals surface area contributed by atoms with Gasteiger partial charge in [-0.15, -0.1) is 0 Å². The fourth-order valence-electron chi connectivity index (χ4n) is 6.70. The molecule has 0 bridgehead atoms. The summed E-state index contributed by atoms with van der Waals surface area (Å²) in [5.41, 5.74) is 3.74. The van der Waals surface area contributed by atoms with E-state index in [1.807, 2.05) is 13.8 Å². The maximum Gasteiger partial charge on any atom is 0.0787 e. The molecule has 164 valence electrons. The molecule has 2 heteroatoms. The Morgan fingerprint density at radius 2 is 1.93 bits per heavy atom. The van der Waals surface area contributed by atoms with E-state index in [4.69, 9.17) is 0 Å². The lowest BCUT2D eigenvalue weighted by Gasteiger charge is -2.44. The third-order valence-corrected chi connectivity index (χ3v) is 8.41. The Labute approximate surface area is 179 Å². The fourth-order valence-corrected chi connectivity index (χ4v) is 6.70. The lowest BCUT2D eigenvalue weighted by molar-refractivity contribution is 0.0596. The first kappa shape index (κ1) is 22.8. The summed E-state index contributed by atoms with van der Waals surface area (Å²) in [6.45, 7) is 13.0. The van der Waals surface area contributed by atoms with Crippen LogP contribution in [0.25, 0.3) is 0 Å². The molecule has 3 saturated carbocycles. The standard InChI is InChI=1S/C27H44O2/c1-19(9-7-17-26(3,4)29)23-15-16-24-22(11-8-18-27(23,24)5)14-13-21-10-6-12-25(28)20(21)2/h13-14,19,23-25,28-29H,2,6-12,15-18H2,1,3-5H3/b21-13-,22-14+/t19-,23-,24+,25-,27-/m1/s1. The maximum atomic E-state index is 10.1. The van der Waals surface area contributed by atoms with Crippen molar-refractivity contribution < 1.29 is 10.2 Å². The van der Waals surface area contributed by atoms with E-state index in [9.17, 15) is 10.2 Å². The van der Waals surface area contributed by atoms with Crippen LogP contribution in [0, 0.1) is 23.2 Å². The number of allylic oxidation sites excluding steroid dienone is 3. The van der Waals surface area contributed by atoms with Crippen molar-refractivity contribution in [2.45, 2.75) is 110 Å². The number of aliphatic hydroxyl groups excluding tert-OH is 1. The lowest BCUT2D eigenvalue weighted by Crippen LogP contribution is -2.36. The first-order chi connectivity index (χ1) is 13.6. The molecule has 3 aliphatic rings. The van der Waals surface area contributed by atoms with E-state index in [1.165, 1.54) is 44.1 Å². The number of rotatable bonds is 6. The van der Waals surface area contributed by atoms with Gasteiger partial charge < -0.3 is 10.2 Å². The smallest absolute Gasteiger partial charge is 0.0787 e. The predicted octanol–water partition coefficient (Wildman–Crippen LogP) is 6.73. The van der Waals surface area contributed by atoms with Crippen LogP contribution in [-0.4, -0.2) is 21.9 Å². The van der Waals surface area contributed by atoms with Gasteiger partial charge in [-0.1, -0.05) is 51.0 Å². The van der Waals surface area contributed by atoms with Crippen molar-refractivity contribution in [3.63, 3.8) is 0 Å². The monoisotopic (exact) mass is 400 g/mol. The number of aliphatic hydroxyl groups is 2. The highest BCUT2D eigenvalue weighted by Gasteiger charge is 2.50. The third kappa shape index (κ3) is 5.25. The van der Waals surface area contributed by atoms with E-state index >= 15 is 0 Å². The molecule has 0 aliphatic heterocycles. The number of fused-ring (bicyclic) bond motifs is 1. The van der Waals surface area contributed by atoms with Crippen molar-refractivity contribution in [2.24, 2.45) is 23.2 Å². The summed E-state index contributed by atoms with van der Waals surface area (Å²) in [6, 6.07) is 0. The summed E-state index contributed by atoms with van der Waals surface area (Å²) < 4.78 is 0. The van der Waals surface area contributed by atoms with Crippen LogP contribution in [0.4, 0.5) is 0 Å². The fraction of sp³-hybridized carbons (Fsp3) is 0.778. The summed E-state index contributed by atoms with van der Waals surface area (Å²) in [7, 11) is 0. The number of hydrogen-bond donors (Lipinski definition) is 2. The van der Waals surface area contributed by atoms with Crippen molar-refractivity contribution in [3.05, 3.63) is 35.5 Å². The molecule has 5 atom stereocenters. The molecule has 0 radical (unpaired) electrons. The summed E-state index contributed by atoms with van der Waals surface area (Å²) >= 11 is 0. The quantitative estimate of drug-likeness (QED) is 0.518. The highest BCUT2D eigenvalue weighted by molar-refractivity contribution is 5.37. The van der Waals surface area contributed by atoms with Crippen LogP contribution in [0.3, 0.4) is 0 Å². The zero-order valence-electron chi connectivity index (χ0n) is 19.3. The molecule has 0 spiro atoms. The molecule has 2 nitrogen and oxygen atoms in total. The van der Waals surface area contributed by atoms with Crippen LogP contribution in [0.2, 0.25) is 0 Å². The van der Waals surface area contributed by atoms with Crippen molar-refractivity contribution in [2.75, 3.05) is 0 Å². The van der Waals surface area contributed by atoms with Crippen LogP contribution in [-0.2, 0) is 0 Å². The topological polar surface area (TPSA) is 40.5 Å². The molecular formula is C27H44O2. The molecule has 0 unspecified atom stereocenters. The minimum Gasteiger partial charge on any atom is -0.390 e. The predicted molar refractivity (Wildman–Crippen MR) is 123 cm³/mol. The largest absolute Gasteiger partial charge is 0.390 e. The Balaban J connectivity index is 1.68. The second-order valence-electron chi connectivity index (χ2n) is 11.1. The van der Waals surface area contributed by atoms with Crippen LogP contribution in [0.1, 0.15) is 98.3 Å². The van der Waals surface area contributed by atoms with Gasteiger partial charge in [0.1, 0.15) is 0 Å². The Bertz CT molecular complexity index is 650. The zero-order chi connectivity index (χ0) is 21.2. The van der Waals surface area contributed by atoms with Gasteiger partial charge in [-0.25, -0.2) is 0 Å². The molecular weight excluding hydrogens is 356 g/mol. The van der Waals surface area contributed by atoms with E-state index in [1.54, 1.807) is 5.57 Å². The summed E-state index contributed by atoms with van der Waals surface area (Å²) in [5, 5.41) is 20.2. The average Bonchev–Trinajstić information content (AvgIpc) is 2.99. The minimum absolute atomic E-state index is 0.342. The normalized spacial score (nSPS) is 37.2. The molecule has 3 rings (SSSR count). The molecule has 0 heterocycles. The highest BCUT2D eigenvalue weighted by Crippen LogP contribution is 2.60. The highest BCUT2D eigenvalue weighted by atomic mass is 16.3. The Kier molecular flexibility index (Phi) is 7.16.